The molecule has 1 amide bonds. The van der Waals surface area contributed by atoms with E-state index < -0.39 is 0 Å². The van der Waals surface area contributed by atoms with Gasteiger partial charge in [-0.2, -0.15) is 4.98 Å². The highest BCUT2D eigenvalue weighted by Crippen LogP contribution is 2.23. The number of nitrogens with zero attached hydrogens (tertiary/aromatic N) is 4. The number of aromatic nitrogens is 4. The molecular weight excluding hydrogens is 428 g/mol. The summed E-state index contributed by atoms with van der Waals surface area (Å²) in [6.07, 6.45) is 14.7. The predicted octanol–water partition coefficient (Wildman–Crippen LogP) is 4.69. The van der Waals surface area contributed by atoms with Crippen LogP contribution in [0.1, 0.15) is 84.8 Å². The standard InChI is InChI=1S/C26H42N6O2/c1-5-7-8-9-10-20-17-24(31-26(29-20)32-14-13-27-18-32)30-23(15-19(3)4)25(33)28-21-11-12-22(16-21)34-6-2/h13-14,17-19,21-23H,5-12,15-16H2,1-4H3,(H,28,33)(H,29,30,31). The quantitative estimate of drug-likeness (QED) is 0.389. The molecule has 8 nitrogen and oxygen atoms in total. The Bertz CT molecular complexity index is 870. The molecule has 0 aliphatic heterocycles. The fraction of sp³-hybridized carbons (Fsp3) is 0.692. The van der Waals surface area contributed by atoms with E-state index in [1.54, 1.807) is 12.5 Å². The first kappa shape index (κ1) is 26.1. The van der Waals surface area contributed by atoms with Crippen molar-refractivity contribution in [2.75, 3.05) is 11.9 Å². The van der Waals surface area contributed by atoms with Gasteiger partial charge in [-0.25, -0.2) is 9.97 Å². The largest absolute Gasteiger partial charge is 0.378 e. The average Bonchev–Trinajstić information content (AvgIpc) is 3.49. The molecule has 188 valence electrons. The molecule has 3 atom stereocenters. The number of amides is 1. The van der Waals surface area contributed by atoms with Gasteiger partial charge in [-0.15, -0.1) is 0 Å². The predicted molar refractivity (Wildman–Crippen MR) is 135 cm³/mol. The molecule has 0 spiro atoms. The number of imidazole rings is 1. The van der Waals surface area contributed by atoms with E-state index in [0.29, 0.717) is 17.7 Å². The zero-order valence-corrected chi connectivity index (χ0v) is 21.3. The smallest absolute Gasteiger partial charge is 0.242 e. The second-order valence-corrected chi connectivity index (χ2v) is 9.75. The molecule has 1 aliphatic carbocycles. The highest BCUT2D eigenvalue weighted by molar-refractivity contribution is 5.84. The number of carbonyl (C=O) groups excluding carboxylic acids is 1. The molecular formula is C26H42N6O2. The Kier molecular flexibility index (Phi) is 10.3. The monoisotopic (exact) mass is 470 g/mol. The Morgan fingerprint density at radius 3 is 2.76 bits per heavy atom. The zero-order valence-electron chi connectivity index (χ0n) is 21.3. The minimum atomic E-state index is -0.357. The molecule has 0 saturated heterocycles. The fourth-order valence-electron chi connectivity index (χ4n) is 4.55. The Labute approximate surface area is 204 Å². The van der Waals surface area contributed by atoms with Gasteiger partial charge in [0.1, 0.15) is 18.2 Å². The van der Waals surface area contributed by atoms with Crippen molar-refractivity contribution in [1.29, 1.82) is 0 Å². The molecule has 0 radical (unpaired) electrons. The van der Waals surface area contributed by atoms with E-state index in [9.17, 15) is 4.79 Å². The number of aryl methyl sites for hydroxylation is 1. The highest BCUT2D eigenvalue weighted by Gasteiger charge is 2.29. The number of nitrogens with one attached hydrogen (secondary N) is 2. The van der Waals surface area contributed by atoms with Crippen LogP contribution in [0.15, 0.2) is 24.8 Å². The van der Waals surface area contributed by atoms with Crippen LogP contribution in [-0.4, -0.2) is 50.2 Å². The number of carbonyl (C=O) groups is 1. The van der Waals surface area contributed by atoms with Crippen LogP contribution >= 0.6 is 0 Å². The van der Waals surface area contributed by atoms with Crippen LogP contribution in [0.5, 0.6) is 0 Å². The number of anilines is 1. The van der Waals surface area contributed by atoms with Gasteiger partial charge < -0.3 is 15.4 Å². The van der Waals surface area contributed by atoms with Gasteiger partial charge in [-0.1, -0.05) is 40.0 Å². The van der Waals surface area contributed by atoms with Crippen molar-refractivity contribution in [3.8, 4) is 5.95 Å². The first-order valence-electron chi connectivity index (χ1n) is 13.0. The third-order valence-corrected chi connectivity index (χ3v) is 6.27. The lowest BCUT2D eigenvalue weighted by Gasteiger charge is -2.23. The zero-order chi connectivity index (χ0) is 24.3. The molecule has 1 fully saturated rings. The van der Waals surface area contributed by atoms with Crippen molar-refractivity contribution >= 4 is 11.7 Å². The number of hydrogen-bond donors (Lipinski definition) is 2. The Balaban J connectivity index is 1.73. The normalized spacial score (nSPS) is 18.9. The summed E-state index contributed by atoms with van der Waals surface area (Å²) in [5.41, 5.74) is 0.983. The summed E-state index contributed by atoms with van der Waals surface area (Å²) in [5.74, 6) is 1.66. The maximum atomic E-state index is 13.3. The summed E-state index contributed by atoms with van der Waals surface area (Å²) >= 11 is 0. The molecule has 8 heteroatoms. The van der Waals surface area contributed by atoms with E-state index in [2.05, 4.69) is 36.4 Å². The second-order valence-electron chi connectivity index (χ2n) is 9.75. The molecule has 0 bridgehead atoms. The number of unbranched alkanes of at least 4 members (excludes halogenated alkanes) is 3. The van der Waals surface area contributed by atoms with E-state index >= 15 is 0 Å². The number of ether oxygens (including phenoxy) is 1. The molecule has 34 heavy (non-hydrogen) atoms. The molecule has 2 aromatic heterocycles. The lowest BCUT2D eigenvalue weighted by molar-refractivity contribution is -0.122. The SMILES string of the molecule is CCCCCCc1cc(NC(CC(C)C)C(=O)NC2CCC(OCC)C2)nc(-n2ccnc2)n1. The second kappa shape index (κ2) is 13.4. The topological polar surface area (TPSA) is 94.0 Å². The van der Waals surface area contributed by atoms with Gasteiger partial charge >= 0.3 is 0 Å². The Hall–Kier alpha value is -2.48. The van der Waals surface area contributed by atoms with E-state index in [1.807, 2.05) is 23.8 Å². The Morgan fingerprint density at radius 1 is 1.21 bits per heavy atom. The highest BCUT2D eigenvalue weighted by atomic mass is 16.5. The molecule has 3 rings (SSSR count). The summed E-state index contributed by atoms with van der Waals surface area (Å²) in [5, 5.41) is 6.69. The van der Waals surface area contributed by atoms with Crippen LogP contribution in [0.3, 0.4) is 0 Å². The van der Waals surface area contributed by atoms with Crippen LogP contribution in [0.2, 0.25) is 0 Å². The summed E-state index contributed by atoms with van der Waals surface area (Å²) in [4.78, 5) is 26.9. The maximum Gasteiger partial charge on any atom is 0.242 e. The van der Waals surface area contributed by atoms with Crippen molar-refractivity contribution in [2.45, 2.75) is 104 Å². The third kappa shape index (κ3) is 8.08. The molecule has 1 aliphatic rings. The van der Waals surface area contributed by atoms with Crippen LogP contribution in [0, 0.1) is 5.92 Å². The lowest BCUT2D eigenvalue weighted by atomic mass is 10.0. The van der Waals surface area contributed by atoms with Gasteiger partial charge in [0, 0.05) is 36.8 Å². The van der Waals surface area contributed by atoms with E-state index in [0.717, 1.165) is 50.8 Å². The molecule has 2 heterocycles. The van der Waals surface area contributed by atoms with Gasteiger partial charge in [0.05, 0.1) is 6.10 Å². The minimum Gasteiger partial charge on any atom is -0.378 e. The van der Waals surface area contributed by atoms with Gasteiger partial charge in [0.25, 0.3) is 0 Å². The van der Waals surface area contributed by atoms with Crippen LogP contribution in [0.4, 0.5) is 5.82 Å². The number of hydrogen-bond acceptors (Lipinski definition) is 6. The summed E-state index contributed by atoms with van der Waals surface area (Å²) < 4.78 is 7.56. The van der Waals surface area contributed by atoms with Crippen molar-refractivity contribution in [2.24, 2.45) is 5.92 Å². The van der Waals surface area contributed by atoms with Gasteiger partial charge in [-0.3, -0.25) is 9.36 Å². The van der Waals surface area contributed by atoms with Crippen molar-refractivity contribution in [1.82, 2.24) is 24.8 Å². The first-order chi connectivity index (χ1) is 16.5. The number of rotatable bonds is 14. The lowest BCUT2D eigenvalue weighted by Crippen LogP contribution is -2.44. The first-order valence-corrected chi connectivity index (χ1v) is 13.0. The van der Waals surface area contributed by atoms with Crippen molar-refractivity contribution < 1.29 is 9.53 Å². The van der Waals surface area contributed by atoms with Crippen LogP contribution in [-0.2, 0) is 16.0 Å². The average molecular weight is 471 g/mol. The van der Waals surface area contributed by atoms with E-state index in [1.165, 1.54) is 19.3 Å². The van der Waals surface area contributed by atoms with Crippen LogP contribution in [0.25, 0.3) is 5.95 Å². The van der Waals surface area contributed by atoms with Gasteiger partial charge in [-0.05, 0) is 51.4 Å². The molecule has 1 saturated carbocycles. The summed E-state index contributed by atoms with van der Waals surface area (Å²) in [7, 11) is 0. The fourth-order valence-corrected chi connectivity index (χ4v) is 4.55. The van der Waals surface area contributed by atoms with Crippen molar-refractivity contribution in [3.63, 3.8) is 0 Å². The van der Waals surface area contributed by atoms with E-state index in [-0.39, 0.29) is 24.1 Å². The third-order valence-electron chi connectivity index (χ3n) is 6.27. The molecule has 2 N–H and O–H groups in total. The van der Waals surface area contributed by atoms with Crippen LogP contribution < -0.4 is 10.6 Å². The molecule has 3 unspecified atom stereocenters. The maximum absolute atomic E-state index is 13.3. The van der Waals surface area contributed by atoms with Crippen molar-refractivity contribution in [3.05, 3.63) is 30.5 Å². The molecule has 0 aromatic carbocycles. The summed E-state index contributed by atoms with van der Waals surface area (Å²) in [6, 6.07) is 1.80. The molecule has 2 aromatic rings. The van der Waals surface area contributed by atoms with Gasteiger partial charge in [0.2, 0.25) is 11.9 Å². The van der Waals surface area contributed by atoms with E-state index in [4.69, 9.17) is 14.7 Å². The summed E-state index contributed by atoms with van der Waals surface area (Å²) in [6.45, 7) is 9.23. The Morgan fingerprint density at radius 2 is 2.06 bits per heavy atom. The van der Waals surface area contributed by atoms with Gasteiger partial charge in [0.15, 0.2) is 0 Å². The minimum absolute atomic E-state index is 0.0307.